The van der Waals surface area contributed by atoms with Crippen molar-refractivity contribution in [1.29, 1.82) is 5.26 Å². The van der Waals surface area contributed by atoms with E-state index in [1.807, 2.05) is 18.2 Å². The minimum Gasteiger partial charge on any atom is -0.423 e. The van der Waals surface area contributed by atoms with Crippen LogP contribution in [0.3, 0.4) is 0 Å². The number of aryl methyl sites for hydroxylation is 1. The van der Waals surface area contributed by atoms with E-state index < -0.39 is 0 Å². The molecule has 1 saturated heterocycles. The molecule has 2 aromatic heterocycles. The fourth-order valence-corrected chi connectivity index (χ4v) is 3.37. The van der Waals surface area contributed by atoms with Crippen LogP contribution in [0.5, 0.6) is 0 Å². The SMILES string of the molecule is Cc1nnc(COC2CN(c3nc4cc(C#N)ccc4s3)C2)o1. The Morgan fingerprint density at radius 3 is 3.04 bits per heavy atom. The fourth-order valence-electron chi connectivity index (χ4n) is 2.40. The predicted molar refractivity (Wildman–Crippen MR) is 84.2 cm³/mol. The summed E-state index contributed by atoms with van der Waals surface area (Å²) >= 11 is 1.63. The largest absolute Gasteiger partial charge is 0.423 e. The molecule has 1 fully saturated rings. The minimum absolute atomic E-state index is 0.142. The highest BCUT2D eigenvalue weighted by Crippen LogP contribution is 2.32. The molecular weight excluding hydrogens is 314 g/mol. The van der Waals surface area contributed by atoms with Crippen LogP contribution in [0.4, 0.5) is 5.13 Å². The van der Waals surface area contributed by atoms with Crippen molar-refractivity contribution in [2.45, 2.75) is 19.6 Å². The maximum atomic E-state index is 8.94. The number of benzene rings is 1. The number of nitrogens with zero attached hydrogens (tertiary/aromatic N) is 5. The highest BCUT2D eigenvalue weighted by atomic mass is 32.1. The molecule has 1 aliphatic rings. The molecule has 3 aromatic rings. The third-order valence-corrected chi connectivity index (χ3v) is 4.73. The predicted octanol–water partition coefficient (Wildman–Crippen LogP) is 2.26. The Balaban J connectivity index is 1.37. The van der Waals surface area contributed by atoms with Gasteiger partial charge in [-0.3, -0.25) is 0 Å². The van der Waals surface area contributed by atoms with Gasteiger partial charge in [-0.25, -0.2) is 4.98 Å². The van der Waals surface area contributed by atoms with Crippen LogP contribution in [0.1, 0.15) is 17.3 Å². The number of rotatable bonds is 4. The number of thiazole rings is 1. The zero-order valence-electron chi connectivity index (χ0n) is 12.4. The number of fused-ring (bicyclic) bond motifs is 1. The summed E-state index contributed by atoms with van der Waals surface area (Å²) in [5.74, 6) is 1.05. The first kappa shape index (κ1) is 14.1. The van der Waals surface area contributed by atoms with Crippen molar-refractivity contribution < 1.29 is 9.15 Å². The van der Waals surface area contributed by atoms with Crippen molar-refractivity contribution in [3.8, 4) is 6.07 Å². The molecule has 4 rings (SSSR count). The van der Waals surface area contributed by atoms with Gasteiger partial charge in [0.25, 0.3) is 0 Å². The van der Waals surface area contributed by atoms with E-state index in [1.54, 1.807) is 18.3 Å². The zero-order valence-corrected chi connectivity index (χ0v) is 13.2. The van der Waals surface area contributed by atoms with Crippen molar-refractivity contribution in [3.63, 3.8) is 0 Å². The van der Waals surface area contributed by atoms with Gasteiger partial charge in [-0.05, 0) is 18.2 Å². The smallest absolute Gasteiger partial charge is 0.242 e. The molecule has 1 aliphatic heterocycles. The first-order valence-corrected chi connectivity index (χ1v) is 7.99. The van der Waals surface area contributed by atoms with Gasteiger partial charge in [0.15, 0.2) is 5.13 Å². The van der Waals surface area contributed by atoms with Crippen LogP contribution < -0.4 is 4.90 Å². The second-order valence-electron chi connectivity index (χ2n) is 5.34. The lowest BCUT2D eigenvalue weighted by atomic mass is 10.2. The Kier molecular flexibility index (Phi) is 3.44. The van der Waals surface area contributed by atoms with Crippen LogP contribution in [0.2, 0.25) is 0 Å². The second kappa shape index (κ2) is 5.61. The number of aromatic nitrogens is 3. The van der Waals surface area contributed by atoms with Gasteiger partial charge < -0.3 is 14.1 Å². The Morgan fingerprint density at radius 2 is 2.30 bits per heavy atom. The highest BCUT2D eigenvalue weighted by Gasteiger charge is 2.30. The molecule has 23 heavy (non-hydrogen) atoms. The number of ether oxygens (including phenoxy) is 1. The zero-order chi connectivity index (χ0) is 15.8. The summed E-state index contributed by atoms with van der Waals surface area (Å²) in [6, 6.07) is 7.72. The van der Waals surface area contributed by atoms with Gasteiger partial charge in [-0.15, -0.1) is 10.2 Å². The van der Waals surface area contributed by atoms with Gasteiger partial charge in [0.05, 0.1) is 28.0 Å². The number of hydrogen-bond acceptors (Lipinski definition) is 8. The number of nitriles is 1. The summed E-state index contributed by atoms with van der Waals surface area (Å²) < 4.78 is 12.1. The van der Waals surface area contributed by atoms with Crippen molar-refractivity contribution in [2.75, 3.05) is 18.0 Å². The number of hydrogen-bond donors (Lipinski definition) is 0. The van der Waals surface area contributed by atoms with Gasteiger partial charge in [-0.1, -0.05) is 11.3 Å². The normalized spacial score (nSPS) is 14.9. The summed E-state index contributed by atoms with van der Waals surface area (Å²) in [6.45, 7) is 3.67. The third kappa shape index (κ3) is 2.76. The topological polar surface area (TPSA) is 88.1 Å². The van der Waals surface area contributed by atoms with Crippen LogP contribution in [-0.4, -0.2) is 34.4 Å². The Morgan fingerprint density at radius 1 is 1.43 bits per heavy atom. The van der Waals surface area contributed by atoms with Crippen LogP contribution in [-0.2, 0) is 11.3 Å². The van der Waals surface area contributed by atoms with E-state index in [1.165, 1.54) is 0 Å². The molecular formula is C15H13N5O2S. The van der Waals surface area contributed by atoms with Gasteiger partial charge in [0.2, 0.25) is 11.8 Å². The van der Waals surface area contributed by atoms with Gasteiger partial charge >= 0.3 is 0 Å². The lowest BCUT2D eigenvalue weighted by Gasteiger charge is -2.38. The lowest BCUT2D eigenvalue weighted by Crippen LogP contribution is -2.52. The molecule has 7 nitrogen and oxygen atoms in total. The summed E-state index contributed by atoms with van der Waals surface area (Å²) in [6.07, 6.45) is 0.142. The van der Waals surface area contributed by atoms with Gasteiger partial charge in [-0.2, -0.15) is 5.26 Å². The molecule has 8 heteroatoms. The van der Waals surface area contributed by atoms with Crippen LogP contribution >= 0.6 is 11.3 Å². The van der Waals surface area contributed by atoms with Crippen LogP contribution in [0.25, 0.3) is 10.2 Å². The standard InChI is InChI=1S/C15H13N5O2S/c1-9-18-19-14(22-9)8-21-11-6-20(7-11)15-17-12-4-10(5-16)2-3-13(12)23-15/h2-4,11H,6-8H2,1H3. The quantitative estimate of drug-likeness (QED) is 0.726. The van der Waals surface area contributed by atoms with Crippen molar-refractivity contribution in [2.24, 2.45) is 0 Å². The first-order valence-electron chi connectivity index (χ1n) is 7.17. The molecule has 0 saturated carbocycles. The molecule has 0 spiro atoms. The molecule has 0 amide bonds. The molecule has 1 aromatic carbocycles. The molecule has 0 atom stereocenters. The molecule has 0 aliphatic carbocycles. The monoisotopic (exact) mass is 327 g/mol. The average Bonchev–Trinajstić information content (AvgIpc) is 3.10. The Labute approximate surface area is 136 Å². The Bertz CT molecular complexity index is 891. The lowest BCUT2D eigenvalue weighted by molar-refractivity contribution is 0.0114. The maximum absolute atomic E-state index is 8.94. The van der Waals surface area contributed by atoms with Crippen LogP contribution in [0.15, 0.2) is 22.6 Å². The summed E-state index contributed by atoms with van der Waals surface area (Å²) in [5.41, 5.74) is 1.50. The van der Waals surface area contributed by atoms with Crippen molar-refractivity contribution in [1.82, 2.24) is 15.2 Å². The third-order valence-electron chi connectivity index (χ3n) is 3.63. The molecule has 116 valence electrons. The minimum atomic E-state index is 0.142. The fraction of sp³-hybridized carbons (Fsp3) is 0.333. The summed E-state index contributed by atoms with van der Waals surface area (Å²) in [4.78, 5) is 6.76. The van der Waals surface area contributed by atoms with E-state index in [9.17, 15) is 0 Å². The van der Waals surface area contributed by atoms with E-state index in [2.05, 4.69) is 26.2 Å². The summed E-state index contributed by atoms with van der Waals surface area (Å²) in [7, 11) is 0. The highest BCUT2D eigenvalue weighted by molar-refractivity contribution is 7.22. The van der Waals surface area contributed by atoms with Crippen LogP contribution in [0, 0.1) is 18.3 Å². The second-order valence-corrected chi connectivity index (χ2v) is 6.35. The van der Waals surface area contributed by atoms with E-state index in [0.717, 1.165) is 28.4 Å². The maximum Gasteiger partial charge on any atom is 0.242 e. The van der Waals surface area contributed by atoms with Gasteiger partial charge in [0, 0.05) is 20.0 Å². The van der Waals surface area contributed by atoms with E-state index >= 15 is 0 Å². The Hall–Kier alpha value is -2.50. The van der Waals surface area contributed by atoms with E-state index in [-0.39, 0.29) is 6.10 Å². The van der Waals surface area contributed by atoms with Crippen molar-refractivity contribution in [3.05, 3.63) is 35.5 Å². The van der Waals surface area contributed by atoms with E-state index in [4.69, 9.17) is 14.4 Å². The first-order chi connectivity index (χ1) is 11.2. The van der Waals surface area contributed by atoms with E-state index in [0.29, 0.717) is 24.0 Å². The molecule has 0 bridgehead atoms. The molecule has 0 N–H and O–H groups in total. The molecule has 3 heterocycles. The molecule has 0 unspecified atom stereocenters. The summed E-state index contributed by atoms with van der Waals surface area (Å²) in [5, 5.41) is 17.6. The van der Waals surface area contributed by atoms with Gasteiger partial charge in [0.1, 0.15) is 6.61 Å². The molecule has 0 radical (unpaired) electrons. The average molecular weight is 327 g/mol. The van der Waals surface area contributed by atoms with Crippen molar-refractivity contribution >= 4 is 26.7 Å². The number of anilines is 1.